The first-order chi connectivity index (χ1) is 11.8. The molecule has 2 aliphatic heterocycles. The second kappa shape index (κ2) is 6.68. The van der Waals surface area contributed by atoms with Gasteiger partial charge in [0.2, 0.25) is 5.91 Å². The number of carbonyl (C=O) groups excluding carboxylic acids is 1. The van der Waals surface area contributed by atoms with Crippen molar-refractivity contribution in [2.45, 2.75) is 25.3 Å². The number of fused-ring (bicyclic) bond motifs is 1. The molecule has 0 aromatic carbocycles. The summed E-state index contributed by atoms with van der Waals surface area (Å²) in [5.74, 6) is 1.06. The highest BCUT2D eigenvalue weighted by Crippen LogP contribution is 2.27. The first-order valence-electron chi connectivity index (χ1n) is 8.49. The maximum Gasteiger partial charge on any atom is 0.225 e. The Morgan fingerprint density at radius 2 is 2.12 bits per heavy atom. The zero-order valence-corrected chi connectivity index (χ0v) is 13.5. The lowest BCUT2D eigenvalue weighted by molar-refractivity contribution is -0.125. The number of rotatable bonds is 3. The highest BCUT2D eigenvalue weighted by molar-refractivity contribution is 5.89. The van der Waals surface area contributed by atoms with E-state index in [0.717, 1.165) is 55.7 Å². The number of hydrogen-bond acceptors (Lipinski definition) is 6. The number of nitrogens with zero attached hydrogens (tertiary/aromatic N) is 4. The van der Waals surface area contributed by atoms with Crippen LogP contribution in [0, 0.1) is 5.92 Å². The summed E-state index contributed by atoms with van der Waals surface area (Å²) < 4.78 is 5.34. The second-order valence-corrected chi connectivity index (χ2v) is 6.42. The molecule has 0 spiro atoms. The predicted molar refractivity (Wildman–Crippen MR) is 89.6 cm³/mol. The number of aromatic nitrogens is 3. The molecule has 0 aliphatic carbocycles. The third kappa shape index (κ3) is 3.03. The lowest BCUT2D eigenvalue weighted by Crippen LogP contribution is -2.42. The average Bonchev–Trinajstić information content (AvgIpc) is 3.12. The van der Waals surface area contributed by atoms with Crippen molar-refractivity contribution in [3.05, 3.63) is 24.8 Å². The van der Waals surface area contributed by atoms with E-state index in [-0.39, 0.29) is 17.9 Å². The van der Waals surface area contributed by atoms with Crippen molar-refractivity contribution < 1.29 is 9.53 Å². The highest BCUT2D eigenvalue weighted by Gasteiger charge is 2.31. The Morgan fingerprint density at radius 3 is 3.00 bits per heavy atom. The molecule has 0 bridgehead atoms. The van der Waals surface area contributed by atoms with Crippen molar-refractivity contribution >= 4 is 22.6 Å². The third-order valence-electron chi connectivity index (χ3n) is 4.84. The van der Waals surface area contributed by atoms with Crippen LogP contribution in [0.1, 0.15) is 19.3 Å². The van der Waals surface area contributed by atoms with Crippen molar-refractivity contribution in [2.75, 3.05) is 31.2 Å². The van der Waals surface area contributed by atoms with Crippen LogP contribution >= 0.6 is 0 Å². The Balaban J connectivity index is 1.44. The van der Waals surface area contributed by atoms with Gasteiger partial charge in [-0.15, -0.1) is 0 Å². The zero-order chi connectivity index (χ0) is 16.4. The Hall–Kier alpha value is -2.28. The maximum absolute atomic E-state index is 12.5. The molecule has 0 radical (unpaired) electrons. The van der Waals surface area contributed by atoms with Crippen LogP contribution in [0.5, 0.6) is 0 Å². The molecule has 4 heterocycles. The van der Waals surface area contributed by atoms with Gasteiger partial charge in [0.15, 0.2) is 0 Å². The summed E-state index contributed by atoms with van der Waals surface area (Å²) in [7, 11) is 0. The largest absolute Gasteiger partial charge is 0.381 e. The highest BCUT2D eigenvalue weighted by atomic mass is 16.5. The standard InChI is InChI=1S/C17H21N5O2/c23-17(21-13-3-7-24-8-4-13)12-2-6-22(10-12)16-14-1-5-18-9-15(14)19-11-20-16/h1,5,9,11-13H,2-4,6-8,10H2,(H,21,23). The minimum absolute atomic E-state index is 0.0136. The van der Waals surface area contributed by atoms with Gasteiger partial charge in [0.05, 0.1) is 17.6 Å². The fraction of sp³-hybridized carbons (Fsp3) is 0.529. The van der Waals surface area contributed by atoms with Gasteiger partial charge in [-0.1, -0.05) is 0 Å². The number of hydrogen-bond donors (Lipinski definition) is 1. The van der Waals surface area contributed by atoms with E-state index in [0.29, 0.717) is 6.54 Å². The maximum atomic E-state index is 12.5. The average molecular weight is 327 g/mol. The first kappa shape index (κ1) is 15.3. The van der Waals surface area contributed by atoms with Crippen LogP contribution in [0.15, 0.2) is 24.8 Å². The summed E-state index contributed by atoms with van der Waals surface area (Å²) in [5, 5.41) is 4.17. The molecule has 1 amide bonds. The number of amides is 1. The van der Waals surface area contributed by atoms with E-state index in [2.05, 4.69) is 25.2 Å². The van der Waals surface area contributed by atoms with Crippen molar-refractivity contribution in [3.63, 3.8) is 0 Å². The van der Waals surface area contributed by atoms with Crippen LogP contribution in [0.2, 0.25) is 0 Å². The van der Waals surface area contributed by atoms with Crippen LogP contribution in [0.4, 0.5) is 5.82 Å². The quantitative estimate of drug-likeness (QED) is 0.911. The van der Waals surface area contributed by atoms with Crippen LogP contribution in [-0.4, -0.2) is 53.2 Å². The molecular weight excluding hydrogens is 306 g/mol. The van der Waals surface area contributed by atoms with Gasteiger partial charge in [0, 0.05) is 43.9 Å². The summed E-state index contributed by atoms with van der Waals surface area (Å²) >= 11 is 0. The molecule has 2 aliphatic rings. The molecule has 2 saturated heterocycles. The van der Waals surface area contributed by atoms with Gasteiger partial charge in [0.1, 0.15) is 12.1 Å². The second-order valence-electron chi connectivity index (χ2n) is 6.42. The fourth-order valence-electron chi connectivity index (χ4n) is 3.47. The Bertz CT molecular complexity index is 726. The van der Waals surface area contributed by atoms with E-state index in [1.807, 2.05) is 6.07 Å². The van der Waals surface area contributed by atoms with Crippen molar-refractivity contribution in [1.82, 2.24) is 20.3 Å². The number of pyridine rings is 1. The first-order valence-corrected chi connectivity index (χ1v) is 8.49. The van der Waals surface area contributed by atoms with Gasteiger partial charge >= 0.3 is 0 Å². The molecule has 2 aromatic rings. The van der Waals surface area contributed by atoms with Crippen molar-refractivity contribution in [3.8, 4) is 0 Å². The SMILES string of the molecule is O=C(NC1CCOCC1)C1CCN(c2ncnc3cnccc23)C1. The monoisotopic (exact) mass is 327 g/mol. The smallest absolute Gasteiger partial charge is 0.225 e. The van der Waals surface area contributed by atoms with Gasteiger partial charge in [0.25, 0.3) is 0 Å². The van der Waals surface area contributed by atoms with E-state index in [9.17, 15) is 4.79 Å². The predicted octanol–water partition coefficient (Wildman–Crippen LogP) is 1.15. The van der Waals surface area contributed by atoms with E-state index >= 15 is 0 Å². The molecule has 24 heavy (non-hydrogen) atoms. The van der Waals surface area contributed by atoms with Crippen LogP contribution < -0.4 is 10.2 Å². The molecule has 4 rings (SSSR count). The molecule has 0 saturated carbocycles. The lowest BCUT2D eigenvalue weighted by Gasteiger charge is -2.24. The number of carbonyl (C=O) groups is 1. The minimum atomic E-state index is 0.0136. The van der Waals surface area contributed by atoms with Crippen LogP contribution in [0.25, 0.3) is 10.9 Å². The van der Waals surface area contributed by atoms with Gasteiger partial charge in [-0.25, -0.2) is 9.97 Å². The summed E-state index contributed by atoms with van der Waals surface area (Å²) in [5.41, 5.74) is 0.831. The summed E-state index contributed by atoms with van der Waals surface area (Å²) in [6.45, 7) is 3.01. The summed E-state index contributed by atoms with van der Waals surface area (Å²) in [6, 6.07) is 2.19. The fourth-order valence-corrected chi connectivity index (χ4v) is 3.47. The molecular formula is C17H21N5O2. The Morgan fingerprint density at radius 1 is 1.25 bits per heavy atom. The van der Waals surface area contributed by atoms with Crippen LogP contribution in [0.3, 0.4) is 0 Å². The lowest BCUT2D eigenvalue weighted by atomic mass is 10.1. The summed E-state index contributed by atoms with van der Waals surface area (Å²) in [4.78, 5) is 27.5. The van der Waals surface area contributed by atoms with E-state index in [1.54, 1.807) is 18.7 Å². The Labute approximate surface area is 140 Å². The van der Waals surface area contributed by atoms with Gasteiger partial charge in [-0.3, -0.25) is 9.78 Å². The van der Waals surface area contributed by atoms with E-state index < -0.39 is 0 Å². The van der Waals surface area contributed by atoms with Gasteiger partial charge in [-0.05, 0) is 25.3 Å². The number of anilines is 1. The molecule has 1 N–H and O–H groups in total. The number of ether oxygens (including phenoxy) is 1. The molecule has 2 aromatic heterocycles. The Kier molecular flexibility index (Phi) is 4.25. The number of nitrogens with one attached hydrogen (secondary N) is 1. The van der Waals surface area contributed by atoms with Gasteiger partial charge < -0.3 is 15.0 Å². The van der Waals surface area contributed by atoms with Crippen molar-refractivity contribution in [1.29, 1.82) is 0 Å². The van der Waals surface area contributed by atoms with Crippen LogP contribution in [-0.2, 0) is 9.53 Å². The van der Waals surface area contributed by atoms with E-state index in [4.69, 9.17) is 4.74 Å². The molecule has 1 unspecified atom stereocenters. The summed E-state index contributed by atoms with van der Waals surface area (Å²) in [6.07, 6.45) is 7.73. The molecule has 7 heteroatoms. The normalized spacial score (nSPS) is 22.0. The van der Waals surface area contributed by atoms with Crippen molar-refractivity contribution in [2.24, 2.45) is 5.92 Å². The minimum Gasteiger partial charge on any atom is -0.381 e. The van der Waals surface area contributed by atoms with E-state index in [1.165, 1.54) is 0 Å². The topological polar surface area (TPSA) is 80.2 Å². The molecule has 2 fully saturated rings. The molecule has 126 valence electrons. The third-order valence-corrected chi connectivity index (χ3v) is 4.84. The zero-order valence-electron chi connectivity index (χ0n) is 13.5. The molecule has 1 atom stereocenters. The van der Waals surface area contributed by atoms with Gasteiger partial charge in [-0.2, -0.15) is 0 Å². The molecule has 7 nitrogen and oxygen atoms in total.